The molecule has 15 rings (SSSR count). The van der Waals surface area contributed by atoms with Crippen molar-refractivity contribution in [3.63, 3.8) is 0 Å². The quantitative estimate of drug-likeness (QED) is 0.0590. The van der Waals surface area contributed by atoms with E-state index in [4.69, 9.17) is 67.8 Å². The van der Waals surface area contributed by atoms with Gasteiger partial charge in [0.05, 0.1) is 102 Å². The minimum Gasteiger partial charge on any atom is -0.412 e. The van der Waals surface area contributed by atoms with Gasteiger partial charge in [-0.25, -0.2) is 49.8 Å². The Morgan fingerprint density at radius 3 is 1.13 bits per heavy atom. The SMILES string of the molecule is Cc1cccc(-n2c([C@H](C)N)nc3cccc(Cl)c3c2=O)c1.Cc1cccc(-n2c([C@H](C)Nc3nc(C)nc4nc[nH]c(=O)c34)nc3cccc(Cl)c3c2=O)c1.Cc1cccc(-n2c([C@H](C)Nc3nc(N)nc4nc[nH]c(=O)c34)nc3cccc(Cl)c3c2=O)c1.Cc1nc(Cl)c2c(=O)[nH]cnc2n1.N.O. The summed E-state index contributed by atoms with van der Waals surface area (Å²) in [5.41, 5.74) is 17.3. The molecule has 0 spiro atoms. The highest BCUT2D eigenvalue weighted by molar-refractivity contribution is 6.36. The van der Waals surface area contributed by atoms with Crippen LogP contribution in [0.4, 0.5) is 17.6 Å². The average molecular weight is 1490 g/mol. The third-order valence-corrected chi connectivity index (χ3v) is 17.2. The molecule has 9 heterocycles. The zero-order valence-corrected chi connectivity index (χ0v) is 60.1. The standard InChI is InChI=1S/C24H20ClN7O2.C23H19ClN8O2.C17H16ClN3O.C7H5ClN4O.H3N.H2O/c1-12-6-4-7-15(10-12)32-22(31-17-9-5-8-16(25)18(17)24(32)34)13(2)28-21-19-20(29-14(3)30-21)26-11-27-23(19)33;1-11-5-3-6-13(9-11)32-20(29-15-8-4-7-14(24)16(15)22(32)34)12(2)28-19-17-18(30-23(25)31-19)26-10-27-21(17)33;1-10-5-3-6-12(9-10)21-16(11(2)19)20-14-8-4-7-13(18)15(14)17(21)22;1-3-11-5(8)4-6(12-3)9-2-10-7(4)13;;/h4-11,13H,1-3H3,(H2,26,27,28,29,30,33);3-10,12H,1-2H3,(H4,25,26,27,28,30,31,33);3-9,11H,19H2,1-2H3;2H,1H3,(H,9,10,11,12,13);1H3;1H2/t13-;12-;11-;;;/m000.../s1. The third kappa shape index (κ3) is 15.6. The molecule has 30 nitrogen and oxygen atoms in total. The van der Waals surface area contributed by atoms with Crippen molar-refractivity contribution in [1.82, 2.24) is 94.6 Å². The van der Waals surface area contributed by atoms with E-state index >= 15 is 0 Å². The highest BCUT2D eigenvalue weighted by atomic mass is 35.5. The largest absolute Gasteiger partial charge is 0.412 e. The molecule has 34 heteroatoms. The number of benzene rings is 6. The molecule has 0 aliphatic carbocycles. The van der Waals surface area contributed by atoms with Crippen LogP contribution in [0.15, 0.2) is 175 Å². The Bertz CT molecular complexity index is 6020. The summed E-state index contributed by atoms with van der Waals surface area (Å²) in [7, 11) is 0. The number of fused-ring (bicyclic) bond motifs is 6. The van der Waals surface area contributed by atoms with Gasteiger partial charge in [0.1, 0.15) is 62.1 Å². The number of nitrogens with zero attached hydrogens (tertiary/aromatic N) is 15. The van der Waals surface area contributed by atoms with Gasteiger partial charge in [0.2, 0.25) is 5.95 Å². The van der Waals surface area contributed by atoms with E-state index in [1.165, 1.54) is 28.1 Å². The molecule has 0 aliphatic rings. The van der Waals surface area contributed by atoms with Gasteiger partial charge in [-0.2, -0.15) is 9.97 Å². The van der Waals surface area contributed by atoms with Crippen LogP contribution < -0.4 is 61.6 Å². The van der Waals surface area contributed by atoms with Gasteiger partial charge in [-0.1, -0.05) is 101 Å². The van der Waals surface area contributed by atoms with Gasteiger partial charge in [0.15, 0.2) is 16.9 Å². The number of aromatic amines is 3. The molecule has 0 radical (unpaired) electrons. The fourth-order valence-electron chi connectivity index (χ4n) is 11.4. The second-order valence-electron chi connectivity index (χ2n) is 23.7. The molecule has 14 N–H and O–H groups in total. The lowest BCUT2D eigenvalue weighted by Crippen LogP contribution is -2.28. The Balaban J connectivity index is 0.000000157. The molecule has 0 saturated carbocycles. The van der Waals surface area contributed by atoms with Crippen LogP contribution in [0, 0.1) is 34.6 Å². The molecule has 105 heavy (non-hydrogen) atoms. The lowest BCUT2D eigenvalue weighted by Gasteiger charge is -2.21. The lowest BCUT2D eigenvalue weighted by molar-refractivity contribution is 0.696. The molecule has 534 valence electrons. The first-order valence-electron chi connectivity index (χ1n) is 31.6. The van der Waals surface area contributed by atoms with E-state index in [1.807, 2.05) is 107 Å². The molecule has 0 bridgehead atoms. The number of hydrogen-bond donors (Lipinski definition) is 8. The first-order valence-corrected chi connectivity index (χ1v) is 33.1. The fourth-order valence-corrected chi connectivity index (χ4v) is 12.5. The average Bonchev–Trinajstić information content (AvgIpc) is 0.764. The van der Waals surface area contributed by atoms with Crippen LogP contribution >= 0.6 is 46.4 Å². The molecule has 9 aromatic heterocycles. The number of nitrogens with two attached hydrogens (primary N) is 2. The van der Waals surface area contributed by atoms with Gasteiger partial charge in [0, 0.05) is 0 Å². The summed E-state index contributed by atoms with van der Waals surface area (Å²) in [6.07, 6.45) is 3.83. The maximum atomic E-state index is 13.7. The molecular weight excluding hydrogens is 1430 g/mol. The predicted molar refractivity (Wildman–Crippen MR) is 409 cm³/mol. The van der Waals surface area contributed by atoms with Gasteiger partial charge < -0.3 is 48.7 Å². The van der Waals surface area contributed by atoms with Gasteiger partial charge in [-0.3, -0.25) is 42.5 Å². The van der Waals surface area contributed by atoms with Crippen LogP contribution in [0.1, 0.15) is 84.7 Å². The van der Waals surface area contributed by atoms with E-state index in [0.29, 0.717) is 99.7 Å². The van der Waals surface area contributed by atoms with Crippen molar-refractivity contribution in [3.05, 3.63) is 275 Å². The first kappa shape index (κ1) is 75.5. The zero-order valence-electron chi connectivity index (χ0n) is 57.1. The second-order valence-corrected chi connectivity index (χ2v) is 25.3. The van der Waals surface area contributed by atoms with E-state index in [0.717, 1.165) is 22.4 Å². The lowest BCUT2D eigenvalue weighted by atomic mass is 10.1. The van der Waals surface area contributed by atoms with Crippen molar-refractivity contribution in [3.8, 4) is 17.1 Å². The topological polar surface area (TPSA) is 462 Å². The van der Waals surface area contributed by atoms with Gasteiger partial charge in [-0.05, 0) is 145 Å². The Kier molecular flexibility index (Phi) is 22.7. The number of aromatic nitrogens is 18. The van der Waals surface area contributed by atoms with Crippen LogP contribution in [-0.2, 0) is 0 Å². The van der Waals surface area contributed by atoms with Crippen LogP contribution in [0.25, 0.3) is 82.9 Å². The molecule has 3 atom stereocenters. The molecular formula is C71H65Cl4N23O7. The minimum atomic E-state index is -0.575. The highest BCUT2D eigenvalue weighted by Gasteiger charge is 2.25. The number of H-pyrrole nitrogens is 3. The molecule has 0 aliphatic heterocycles. The zero-order chi connectivity index (χ0) is 73.2. The summed E-state index contributed by atoms with van der Waals surface area (Å²) in [6.45, 7) is 14.7. The number of aryl methyl sites for hydroxylation is 5. The summed E-state index contributed by atoms with van der Waals surface area (Å²) in [6, 6.07) is 36.8. The number of hydrogen-bond acceptors (Lipinski definition) is 23. The monoisotopic (exact) mass is 1490 g/mol. The molecule has 0 saturated heterocycles. The Hall–Kier alpha value is -12.2. The maximum Gasteiger partial charge on any atom is 0.267 e. The molecule has 6 aromatic carbocycles. The highest BCUT2D eigenvalue weighted by Crippen LogP contribution is 2.30. The summed E-state index contributed by atoms with van der Waals surface area (Å²) >= 11 is 24.7. The van der Waals surface area contributed by atoms with Crippen molar-refractivity contribution >= 4 is 130 Å². The number of rotatable bonds is 10. The van der Waals surface area contributed by atoms with E-state index in [1.54, 1.807) is 79.9 Å². The van der Waals surface area contributed by atoms with Crippen molar-refractivity contribution in [1.29, 1.82) is 0 Å². The molecule has 0 fully saturated rings. The Morgan fingerprint density at radius 2 is 0.743 bits per heavy atom. The summed E-state index contributed by atoms with van der Waals surface area (Å²) in [4.78, 5) is 135. The summed E-state index contributed by atoms with van der Waals surface area (Å²) in [5, 5.41) is 9.28. The van der Waals surface area contributed by atoms with Gasteiger partial charge in [0.25, 0.3) is 33.4 Å². The molecule has 0 amide bonds. The number of halogens is 4. The Morgan fingerprint density at radius 1 is 0.410 bits per heavy atom. The summed E-state index contributed by atoms with van der Waals surface area (Å²) < 4.78 is 4.59. The minimum absolute atomic E-state index is 0. The van der Waals surface area contributed by atoms with E-state index in [9.17, 15) is 28.8 Å². The molecule has 15 aromatic rings. The smallest absolute Gasteiger partial charge is 0.267 e. The van der Waals surface area contributed by atoms with Crippen molar-refractivity contribution < 1.29 is 5.48 Å². The normalized spacial score (nSPS) is 11.9. The van der Waals surface area contributed by atoms with E-state index in [-0.39, 0.29) is 89.8 Å². The van der Waals surface area contributed by atoms with E-state index < -0.39 is 17.6 Å². The van der Waals surface area contributed by atoms with Crippen molar-refractivity contribution in [2.24, 2.45) is 5.73 Å². The van der Waals surface area contributed by atoms with Crippen molar-refractivity contribution in [2.45, 2.75) is 73.5 Å². The van der Waals surface area contributed by atoms with Crippen LogP contribution in [0.2, 0.25) is 20.2 Å². The van der Waals surface area contributed by atoms with Crippen LogP contribution in [0.3, 0.4) is 0 Å². The van der Waals surface area contributed by atoms with Crippen molar-refractivity contribution in [2.75, 3.05) is 16.4 Å². The van der Waals surface area contributed by atoms with Crippen LogP contribution in [0.5, 0.6) is 0 Å². The second kappa shape index (κ2) is 31.6. The van der Waals surface area contributed by atoms with Gasteiger partial charge in [-0.15, -0.1) is 0 Å². The van der Waals surface area contributed by atoms with E-state index in [2.05, 4.69) is 75.4 Å². The third-order valence-electron chi connectivity index (χ3n) is 16.0. The molecule has 0 unspecified atom stereocenters. The fraction of sp³-hybridized carbons (Fsp3) is 0.155. The van der Waals surface area contributed by atoms with Gasteiger partial charge >= 0.3 is 0 Å². The number of anilines is 3. The number of nitrogen functional groups attached to an aromatic ring is 1. The Labute approximate surface area is 613 Å². The van der Waals surface area contributed by atoms with Crippen LogP contribution in [-0.4, -0.2) is 93.9 Å². The summed E-state index contributed by atoms with van der Waals surface area (Å²) in [5.74, 6) is 2.75. The maximum absolute atomic E-state index is 13.7. The first-order chi connectivity index (χ1) is 49.3. The predicted octanol–water partition coefficient (Wildman–Crippen LogP) is 10.4. The number of nitrogens with one attached hydrogen (secondary N) is 5.